The molecule has 0 spiro atoms. The van der Waals surface area contributed by atoms with Gasteiger partial charge in [-0.25, -0.2) is 0 Å². The number of hydrogen-bond donors (Lipinski definition) is 2. The van der Waals surface area contributed by atoms with Gasteiger partial charge < -0.3 is 15.6 Å². The van der Waals surface area contributed by atoms with Crippen LogP contribution in [0.4, 0.5) is 0 Å². The summed E-state index contributed by atoms with van der Waals surface area (Å²) in [6.45, 7) is 1.78. The standard InChI is InChI=1S/C14H21N3O2S/c1-10-9-11(19-17-10)12(18)16-14(13(15)20)7-5-3-2-4-6-8-14/h9H,2-8H2,1H3,(H2,15,20)(H,16,18). The highest BCUT2D eigenvalue weighted by atomic mass is 32.1. The Hall–Kier alpha value is -1.43. The van der Waals surface area contributed by atoms with Crippen LogP contribution in [-0.4, -0.2) is 21.6 Å². The van der Waals surface area contributed by atoms with Crippen LogP contribution in [0.1, 0.15) is 61.2 Å². The first-order valence-corrected chi connectivity index (χ1v) is 7.50. The lowest BCUT2D eigenvalue weighted by atomic mass is 9.83. The van der Waals surface area contributed by atoms with Crippen LogP contribution in [0.3, 0.4) is 0 Å². The Labute approximate surface area is 124 Å². The molecule has 1 fully saturated rings. The maximum absolute atomic E-state index is 12.3. The van der Waals surface area contributed by atoms with Gasteiger partial charge in [0.1, 0.15) is 0 Å². The van der Waals surface area contributed by atoms with Gasteiger partial charge in [0, 0.05) is 6.07 Å². The van der Waals surface area contributed by atoms with Crippen molar-refractivity contribution in [1.82, 2.24) is 10.5 Å². The third-order valence-corrected chi connectivity index (χ3v) is 4.27. The highest BCUT2D eigenvalue weighted by Crippen LogP contribution is 2.27. The molecule has 3 N–H and O–H groups in total. The molecule has 0 aromatic carbocycles. The maximum atomic E-state index is 12.3. The first-order valence-electron chi connectivity index (χ1n) is 7.09. The monoisotopic (exact) mass is 295 g/mol. The minimum atomic E-state index is -0.590. The Morgan fingerprint density at radius 2 is 1.95 bits per heavy atom. The zero-order valence-electron chi connectivity index (χ0n) is 11.8. The molecule has 0 aliphatic heterocycles. The largest absolute Gasteiger partial charge is 0.391 e. The average molecular weight is 295 g/mol. The van der Waals surface area contributed by atoms with Gasteiger partial charge in [0.2, 0.25) is 5.76 Å². The van der Waals surface area contributed by atoms with Crippen molar-refractivity contribution in [3.8, 4) is 0 Å². The minimum absolute atomic E-state index is 0.209. The van der Waals surface area contributed by atoms with E-state index in [-0.39, 0.29) is 11.7 Å². The lowest BCUT2D eigenvalue weighted by Gasteiger charge is -2.35. The third-order valence-electron chi connectivity index (χ3n) is 3.88. The van der Waals surface area contributed by atoms with Crippen LogP contribution in [0, 0.1) is 6.92 Å². The Kier molecular flexibility index (Phi) is 4.75. The number of amides is 1. The smallest absolute Gasteiger partial charge is 0.290 e. The van der Waals surface area contributed by atoms with Crippen LogP contribution in [0.15, 0.2) is 10.6 Å². The van der Waals surface area contributed by atoms with Crippen LogP contribution in [0.25, 0.3) is 0 Å². The fourth-order valence-corrected chi connectivity index (χ4v) is 2.95. The Bertz CT molecular complexity index is 490. The fourth-order valence-electron chi connectivity index (χ4n) is 2.69. The van der Waals surface area contributed by atoms with Crippen molar-refractivity contribution in [1.29, 1.82) is 0 Å². The van der Waals surface area contributed by atoms with E-state index in [0.717, 1.165) is 38.5 Å². The molecule has 1 aromatic heterocycles. The van der Waals surface area contributed by atoms with Crippen molar-refractivity contribution in [3.63, 3.8) is 0 Å². The number of nitrogens with one attached hydrogen (secondary N) is 1. The average Bonchev–Trinajstić information content (AvgIpc) is 2.79. The minimum Gasteiger partial charge on any atom is -0.391 e. The summed E-state index contributed by atoms with van der Waals surface area (Å²) < 4.78 is 5.00. The molecule has 0 unspecified atom stereocenters. The summed E-state index contributed by atoms with van der Waals surface area (Å²) in [6.07, 6.45) is 7.18. The van der Waals surface area contributed by atoms with Crippen molar-refractivity contribution < 1.29 is 9.32 Å². The number of nitrogens with zero attached hydrogens (tertiary/aromatic N) is 1. The molecule has 1 aliphatic carbocycles. The Morgan fingerprint density at radius 1 is 1.35 bits per heavy atom. The number of aryl methyl sites for hydroxylation is 1. The second-order valence-electron chi connectivity index (χ2n) is 5.50. The molecule has 0 radical (unpaired) electrons. The van der Waals surface area contributed by atoms with E-state index >= 15 is 0 Å². The molecule has 0 atom stereocenters. The lowest BCUT2D eigenvalue weighted by Crippen LogP contribution is -2.56. The summed E-state index contributed by atoms with van der Waals surface area (Å²) in [5.74, 6) is -0.0841. The van der Waals surface area contributed by atoms with Gasteiger partial charge in [-0.2, -0.15) is 0 Å². The molecule has 2 rings (SSSR count). The summed E-state index contributed by atoms with van der Waals surface area (Å²) in [6, 6.07) is 1.62. The Morgan fingerprint density at radius 3 is 2.45 bits per heavy atom. The molecule has 5 nitrogen and oxygen atoms in total. The third kappa shape index (κ3) is 3.36. The molecule has 1 amide bonds. The van der Waals surface area contributed by atoms with Gasteiger partial charge in [0.05, 0.1) is 16.2 Å². The molecule has 1 aliphatic rings. The number of rotatable bonds is 3. The number of carbonyl (C=O) groups excluding carboxylic acids is 1. The van der Waals surface area contributed by atoms with Crippen molar-refractivity contribution in [2.24, 2.45) is 5.73 Å². The quantitative estimate of drug-likeness (QED) is 0.837. The fraction of sp³-hybridized carbons (Fsp3) is 0.643. The van der Waals surface area contributed by atoms with E-state index in [0.29, 0.717) is 10.7 Å². The normalized spacial score (nSPS) is 18.9. The van der Waals surface area contributed by atoms with Gasteiger partial charge in [-0.15, -0.1) is 0 Å². The summed E-state index contributed by atoms with van der Waals surface area (Å²) in [4.78, 5) is 12.6. The van der Waals surface area contributed by atoms with Crippen molar-refractivity contribution >= 4 is 23.1 Å². The highest BCUT2D eigenvalue weighted by molar-refractivity contribution is 7.80. The van der Waals surface area contributed by atoms with E-state index in [4.69, 9.17) is 22.5 Å². The SMILES string of the molecule is Cc1cc(C(=O)NC2(C(N)=S)CCCCCCC2)on1. The van der Waals surface area contributed by atoms with E-state index in [2.05, 4.69) is 10.5 Å². The first kappa shape index (κ1) is 15.0. The summed E-state index contributed by atoms with van der Waals surface area (Å²) in [7, 11) is 0. The lowest BCUT2D eigenvalue weighted by molar-refractivity contribution is 0.0875. The number of hydrogen-bond acceptors (Lipinski definition) is 4. The first-order chi connectivity index (χ1) is 9.53. The second kappa shape index (κ2) is 6.35. The van der Waals surface area contributed by atoms with E-state index < -0.39 is 5.54 Å². The summed E-state index contributed by atoms with van der Waals surface area (Å²) >= 11 is 5.22. The Balaban J connectivity index is 2.15. The van der Waals surface area contributed by atoms with Gasteiger partial charge in [0.15, 0.2) is 0 Å². The molecule has 0 saturated heterocycles. The van der Waals surface area contributed by atoms with Gasteiger partial charge in [0.25, 0.3) is 5.91 Å². The molecule has 1 aromatic rings. The highest BCUT2D eigenvalue weighted by Gasteiger charge is 2.36. The molecule has 20 heavy (non-hydrogen) atoms. The number of carbonyl (C=O) groups is 1. The molecule has 1 heterocycles. The zero-order chi connectivity index (χ0) is 14.6. The van der Waals surface area contributed by atoms with E-state index in [1.165, 1.54) is 6.42 Å². The van der Waals surface area contributed by atoms with Gasteiger partial charge >= 0.3 is 0 Å². The van der Waals surface area contributed by atoms with Crippen LogP contribution in [-0.2, 0) is 0 Å². The van der Waals surface area contributed by atoms with Gasteiger partial charge in [-0.3, -0.25) is 4.79 Å². The number of nitrogens with two attached hydrogens (primary N) is 1. The van der Waals surface area contributed by atoms with Gasteiger partial charge in [-0.05, 0) is 19.8 Å². The number of thiocarbonyl (C=S) groups is 1. The van der Waals surface area contributed by atoms with Crippen molar-refractivity contribution in [2.75, 3.05) is 0 Å². The molecular weight excluding hydrogens is 274 g/mol. The van der Waals surface area contributed by atoms with Crippen LogP contribution in [0.5, 0.6) is 0 Å². The van der Waals surface area contributed by atoms with E-state index in [1.807, 2.05) is 0 Å². The second-order valence-corrected chi connectivity index (χ2v) is 5.94. The van der Waals surface area contributed by atoms with Crippen molar-refractivity contribution in [3.05, 3.63) is 17.5 Å². The van der Waals surface area contributed by atoms with E-state index in [9.17, 15) is 4.79 Å². The van der Waals surface area contributed by atoms with Gasteiger partial charge in [-0.1, -0.05) is 49.5 Å². The molecule has 0 bridgehead atoms. The predicted molar refractivity (Wildman–Crippen MR) is 80.5 cm³/mol. The molecule has 1 saturated carbocycles. The van der Waals surface area contributed by atoms with Crippen LogP contribution >= 0.6 is 12.2 Å². The molecule has 6 heteroatoms. The zero-order valence-corrected chi connectivity index (χ0v) is 12.6. The maximum Gasteiger partial charge on any atom is 0.290 e. The van der Waals surface area contributed by atoms with Crippen molar-refractivity contribution in [2.45, 2.75) is 57.4 Å². The number of aromatic nitrogens is 1. The van der Waals surface area contributed by atoms with E-state index in [1.54, 1.807) is 13.0 Å². The predicted octanol–water partition coefficient (Wildman–Crippen LogP) is 2.48. The summed E-state index contributed by atoms with van der Waals surface area (Å²) in [5.41, 5.74) is 6.01. The molecular formula is C14H21N3O2S. The molecule has 110 valence electrons. The summed E-state index contributed by atoms with van der Waals surface area (Å²) in [5, 5.41) is 6.72. The van der Waals surface area contributed by atoms with Crippen LogP contribution < -0.4 is 11.1 Å². The topological polar surface area (TPSA) is 81.2 Å². The van der Waals surface area contributed by atoms with Crippen LogP contribution in [0.2, 0.25) is 0 Å².